The van der Waals surface area contributed by atoms with Gasteiger partial charge in [-0.05, 0) is 25.7 Å². The first-order valence-electron chi connectivity index (χ1n) is 7.31. The summed E-state index contributed by atoms with van der Waals surface area (Å²) in [6, 6.07) is 0.530. The third-order valence-electron chi connectivity index (χ3n) is 4.51. The predicted octanol–water partition coefficient (Wildman–Crippen LogP) is 2.49. The Hall–Kier alpha value is -0.570. The van der Waals surface area contributed by atoms with Crippen LogP contribution in [0.1, 0.15) is 70.6 Å². The van der Waals surface area contributed by atoms with E-state index in [9.17, 15) is 4.79 Å². The largest absolute Gasteiger partial charge is 0.368 e. The second kappa shape index (κ2) is 5.85. The van der Waals surface area contributed by atoms with Crippen LogP contribution in [0.3, 0.4) is 0 Å². The van der Waals surface area contributed by atoms with Gasteiger partial charge in [-0.15, -0.1) is 0 Å². The lowest BCUT2D eigenvalue weighted by molar-refractivity contribution is -0.125. The number of primary amides is 1. The standard InChI is InChI=1S/C14H26N2O/c15-13(17)14(16-12-8-4-5-9-12)10-6-2-1-3-7-11-14/h12,16H,1-11H2,(H2,15,17). The van der Waals surface area contributed by atoms with Gasteiger partial charge < -0.3 is 11.1 Å². The van der Waals surface area contributed by atoms with Crippen LogP contribution >= 0.6 is 0 Å². The smallest absolute Gasteiger partial charge is 0.237 e. The van der Waals surface area contributed by atoms with Crippen molar-refractivity contribution in [2.24, 2.45) is 5.73 Å². The van der Waals surface area contributed by atoms with Crippen LogP contribution in [0, 0.1) is 0 Å². The molecule has 17 heavy (non-hydrogen) atoms. The van der Waals surface area contributed by atoms with Gasteiger partial charge in [-0.3, -0.25) is 4.79 Å². The second-order valence-electron chi connectivity index (χ2n) is 5.84. The number of nitrogens with one attached hydrogen (secondary N) is 1. The van der Waals surface area contributed by atoms with Gasteiger partial charge in [0.05, 0.1) is 5.54 Å². The fourth-order valence-corrected chi connectivity index (χ4v) is 3.43. The van der Waals surface area contributed by atoms with Gasteiger partial charge in [0.15, 0.2) is 0 Å². The third kappa shape index (κ3) is 3.21. The molecule has 2 rings (SSSR count). The Morgan fingerprint density at radius 3 is 2.00 bits per heavy atom. The molecule has 3 heteroatoms. The molecule has 0 aliphatic heterocycles. The molecule has 2 aliphatic carbocycles. The average Bonchev–Trinajstić information content (AvgIpc) is 2.74. The molecule has 3 nitrogen and oxygen atoms in total. The van der Waals surface area contributed by atoms with E-state index in [1.807, 2.05) is 0 Å². The lowest BCUT2D eigenvalue weighted by Crippen LogP contribution is -2.58. The number of carbonyl (C=O) groups excluding carboxylic acids is 1. The first kappa shape index (κ1) is 12.9. The maximum atomic E-state index is 11.9. The zero-order valence-electron chi connectivity index (χ0n) is 10.8. The monoisotopic (exact) mass is 238 g/mol. The van der Waals surface area contributed by atoms with Crippen LogP contribution in [0.25, 0.3) is 0 Å². The van der Waals surface area contributed by atoms with Crippen molar-refractivity contribution in [3.63, 3.8) is 0 Å². The van der Waals surface area contributed by atoms with E-state index in [0.717, 1.165) is 25.7 Å². The quantitative estimate of drug-likeness (QED) is 0.793. The number of rotatable bonds is 3. The molecule has 2 aliphatic rings. The molecule has 0 aromatic rings. The molecule has 0 bridgehead atoms. The molecular weight excluding hydrogens is 212 g/mol. The van der Waals surface area contributed by atoms with Crippen molar-refractivity contribution >= 4 is 5.91 Å². The van der Waals surface area contributed by atoms with Crippen LogP contribution in [-0.4, -0.2) is 17.5 Å². The van der Waals surface area contributed by atoms with Crippen molar-refractivity contribution < 1.29 is 4.79 Å². The molecule has 0 saturated heterocycles. The fraction of sp³-hybridized carbons (Fsp3) is 0.929. The van der Waals surface area contributed by atoms with Gasteiger partial charge in [0.2, 0.25) is 5.91 Å². The topological polar surface area (TPSA) is 55.1 Å². The Balaban J connectivity index is 2.02. The van der Waals surface area contributed by atoms with E-state index in [1.54, 1.807) is 0 Å². The summed E-state index contributed by atoms with van der Waals surface area (Å²) in [5.74, 6) is -0.119. The maximum Gasteiger partial charge on any atom is 0.237 e. The molecule has 0 unspecified atom stereocenters. The number of hydrogen-bond donors (Lipinski definition) is 2. The molecule has 2 fully saturated rings. The minimum Gasteiger partial charge on any atom is -0.368 e. The van der Waals surface area contributed by atoms with Gasteiger partial charge in [-0.1, -0.05) is 44.9 Å². The third-order valence-corrected chi connectivity index (χ3v) is 4.51. The molecule has 2 saturated carbocycles. The Kier molecular flexibility index (Phi) is 4.43. The van der Waals surface area contributed by atoms with Gasteiger partial charge in [-0.25, -0.2) is 0 Å². The summed E-state index contributed by atoms with van der Waals surface area (Å²) in [7, 11) is 0. The normalized spacial score (nSPS) is 26.4. The summed E-state index contributed by atoms with van der Waals surface area (Å²) in [4.78, 5) is 11.9. The highest BCUT2D eigenvalue weighted by Gasteiger charge is 2.38. The minimum absolute atomic E-state index is 0.119. The fourth-order valence-electron chi connectivity index (χ4n) is 3.43. The van der Waals surface area contributed by atoms with Crippen LogP contribution in [0.4, 0.5) is 0 Å². The van der Waals surface area contributed by atoms with E-state index in [2.05, 4.69) is 5.32 Å². The van der Waals surface area contributed by atoms with Crippen LogP contribution in [0.2, 0.25) is 0 Å². The van der Waals surface area contributed by atoms with E-state index in [0.29, 0.717) is 6.04 Å². The highest BCUT2D eigenvalue weighted by molar-refractivity contribution is 5.84. The van der Waals surface area contributed by atoms with Crippen LogP contribution in [-0.2, 0) is 4.79 Å². The summed E-state index contributed by atoms with van der Waals surface area (Å²) in [5, 5.41) is 3.62. The van der Waals surface area contributed by atoms with Crippen molar-refractivity contribution in [2.75, 3.05) is 0 Å². The molecule has 0 atom stereocenters. The molecule has 0 aromatic carbocycles. The van der Waals surface area contributed by atoms with E-state index in [1.165, 1.54) is 44.9 Å². The van der Waals surface area contributed by atoms with E-state index < -0.39 is 5.54 Å². The second-order valence-corrected chi connectivity index (χ2v) is 5.84. The summed E-state index contributed by atoms with van der Waals surface area (Å²) in [5.41, 5.74) is 5.31. The van der Waals surface area contributed by atoms with Crippen molar-refractivity contribution in [1.82, 2.24) is 5.32 Å². The number of nitrogens with two attached hydrogens (primary N) is 1. The molecule has 98 valence electrons. The molecular formula is C14H26N2O. The van der Waals surface area contributed by atoms with Gasteiger partial charge in [0.25, 0.3) is 0 Å². The highest BCUT2D eigenvalue weighted by Crippen LogP contribution is 2.29. The zero-order chi connectivity index (χ0) is 12.1. The van der Waals surface area contributed by atoms with Crippen LogP contribution in [0.5, 0.6) is 0 Å². The summed E-state index contributed by atoms with van der Waals surface area (Å²) < 4.78 is 0. The Morgan fingerprint density at radius 1 is 0.941 bits per heavy atom. The first-order valence-corrected chi connectivity index (χ1v) is 7.31. The Bertz CT molecular complexity index is 251. The average molecular weight is 238 g/mol. The maximum absolute atomic E-state index is 11.9. The molecule has 0 spiro atoms. The highest BCUT2D eigenvalue weighted by atomic mass is 16.1. The molecule has 0 aromatic heterocycles. The van der Waals surface area contributed by atoms with Gasteiger partial charge >= 0.3 is 0 Å². The van der Waals surface area contributed by atoms with Crippen molar-refractivity contribution in [3.05, 3.63) is 0 Å². The van der Waals surface area contributed by atoms with Crippen molar-refractivity contribution in [2.45, 2.75) is 82.2 Å². The van der Waals surface area contributed by atoms with Gasteiger partial charge in [0, 0.05) is 6.04 Å². The number of hydrogen-bond acceptors (Lipinski definition) is 2. The predicted molar refractivity (Wildman–Crippen MR) is 69.6 cm³/mol. The summed E-state index contributed by atoms with van der Waals surface area (Å²) in [6.07, 6.45) is 13.0. The van der Waals surface area contributed by atoms with Crippen molar-refractivity contribution in [3.8, 4) is 0 Å². The lowest BCUT2D eigenvalue weighted by atomic mass is 9.82. The SMILES string of the molecule is NC(=O)C1(NC2CCCC2)CCCCCCC1. The Labute approximate surface area is 105 Å². The molecule has 1 amide bonds. The van der Waals surface area contributed by atoms with Gasteiger partial charge in [-0.2, -0.15) is 0 Å². The molecule has 3 N–H and O–H groups in total. The zero-order valence-corrected chi connectivity index (χ0v) is 10.8. The summed E-state index contributed by atoms with van der Waals surface area (Å²) in [6.45, 7) is 0. The van der Waals surface area contributed by atoms with Crippen LogP contribution < -0.4 is 11.1 Å². The van der Waals surface area contributed by atoms with Crippen LogP contribution in [0.15, 0.2) is 0 Å². The first-order chi connectivity index (χ1) is 8.23. The molecule has 0 radical (unpaired) electrons. The molecule has 0 heterocycles. The Morgan fingerprint density at radius 2 is 1.47 bits per heavy atom. The van der Waals surface area contributed by atoms with E-state index >= 15 is 0 Å². The summed E-state index contributed by atoms with van der Waals surface area (Å²) >= 11 is 0. The minimum atomic E-state index is -0.393. The lowest BCUT2D eigenvalue weighted by Gasteiger charge is -2.36. The van der Waals surface area contributed by atoms with Gasteiger partial charge in [0.1, 0.15) is 0 Å². The van der Waals surface area contributed by atoms with E-state index in [-0.39, 0.29) is 5.91 Å². The number of carbonyl (C=O) groups is 1. The number of amides is 1. The van der Waals surface area contributed by atoms with E-state index in [4.69, 9.17) is 5.73 Å². The van der Waals surface area contributed by atoms with Crippen molar-refractivity contribution in [1.29, 1.82) is 0 Å².